The average molecular weight is 266 g/mol. The molecule has 0 aliphatic carbocycles. The highest BCUT2D eigenvalue weighted by atomic mass is 32.2. The minimum atomic E-state index is -1.49. The van der Waals surface area contributed by atoms with Gasteiger partial charge in [-0.3, -0.25) is 9.00 Å². The molecule has 0 heterocycles. The maximum absolute atomic E-state index is 11.1. The number of carbonyl (C=O) groups is 3. The zero-order valence-electron chi connectivity index (χ0n) is 9.13. The number of rotatable bonds is 7. The van der Waals surface area contributed by atoms with E-state index in [2.05, 4.69) is 5.32 Å². The van der Waals surface area contributed by atoms with E-state index in [0.29, 0.717) is 0 Å². The lowest BCUT2D eigenvalue weighted by Crippen LogP contribution is -2.47. The number of amides is 2. The summed E-state index contributed by atoms with van der Waals surface area (Å²) in [7, 11) is -1.07. The van der Waals surface area contributed by atoms with Gasteiger partial charge in [0.2, 0.25) is 0 Å². The second-order valence-corrected chi connectivity index (χ2v) is 4.72. The van der Waals surface area contributed by atoms with E-state index >= 15 is 0 Å². The van der Waals surface area contributed by atoms with Crippen LogP contribution in [0.1, 0.15) is 6.42 Å². The van der Waals surface area contributed by atoms with Crippen LogP contribution in [0, 0.1) is 0 Å². The van der Waals surface area contributed by atoms with Gasteiger partial charge in [-0.05, 0) is 0 Å². The van der Waals surface area contributed by atoms with Gasteiger partial charge in [0.1, 0.15) is 6.04 Å². The Labute approximate surface area is 99.8 Å². The van der Waals surface area contributed by atoms with Gasteiger partial charge in [0.25, 0.3) is 0 Å². The van der Waals surface area contributed by atoms with Gasteiger partial charge in [-0.15, -0.1) is 0 Å². The molecule has 0 fully saturated rings. The zero-order valence-corrected chi connectivity index (χ0v) is 9.95. The van der Waals surface area contributed by atoms with Crippen LogP contribution in [0.25, 0.3) is 0 Å². The van der Waals surface area contributed by atoms with Crippen molar-refractivity contribution in [3.8, 4) is 0 Å². The van der Waals surface area contributed by atoms with Crippen molar-refractivity contribution < 1.29 is 28.8 Å². The molecule has 0 aliphatic heterocycles. The van der Waals surface area contributed by atoms with Crippen molar-refractivity contribution in [3.05, 3.63) is 0 Å². The summed E-state index contributed by atoms with van der Waals surface area (Å²) in [5.41, 5.74) is 0. The van der Waals surface area contributed by atoms with Crippen LogP contribution >= 0.6 is 0 Å². The van der Waals surface area contributed by atoms with E-state index in [1.165, 1.54) is 6.26 Å². The highest BCUT2D eigenvalue weighted by Crippen LogP contribution is 1.92. The molecule has 0 spiro atoms. The van der Waals surface area contributed by atoms with Crippen molar-refractivity contribution in [2.75, 3.05) is 18.6 Å². The number of carboxylic acid groups (broad SMARTS) is 2. The monoisotopic (exact) mass is 266 g/mol. The molecule has 8 nitrogen and oxygen atoms in total. The van der Waals surface area contributed by atoms with Gasteiger partial charge in [-0.1, -0.05) is 0 Å². The van der Waals surface area contributed by atoms with Gasteiger partial charge in [-0.2, -0.15) is 0 Å². The van der Waals surface area contributed by atoms with Gasteiger partial charge in [-0.25, -0.2) is 9.59 Å². The Balaban J connectivity index is 4.08. The lowest BCUT2D eigenvalue weighted by molar-refractivity contribution is -0.145. The molecule has 0 aromatic heterocycles. The largest absolute Gasteiger partial charge is 0.481 e. The Morgan fingerprint density at radius 2 is 1.88 bits per heavy atom. The van der Waals surface area contributed by atoms with Crippen LogP contribution in [-0.4, -0.2) is 57.0 Å². The highest BCUT2D eigenvalue weighted by Gasteiger charge is 2.22. The first kappa shape index (κ1) is 15.4. The summed E-state index contributed by atoms with van der Waals surface area (Å²) in [5.74, 6) is -2.52. The molecule has 98 valence electrons. The minimum absolute atomic E-state index is 0.119. The Bertz CT molecular complexity index is 332. The quantitative estimate of drug-likeness (QED) is 0.447. The summed E-state index contributed by atoms with van der Waals surface area (Å²) >= 11 is 0. The van der Waals surface area contributed by atoms with Crippen molar-refractivity contribution in [1.82, 2.24) is 10.6 Å². The molecule has 0 aromatic carbocycles. The van der Waals surface area contributed by atoms with Crippen LogP contribution in [0.5, 0.6) is 0 Å². The van der Waals surface area contributed by atoms with E-state index in [9.17, 15) is 18.6 Å². The van der Waals surface area contributed by atoms with Crippen molar-refractivity contribution >= 4 is 28.8 Å². The summed E-state index contributed by atoms with van der Waals surface area (Å²) in [6.45, 7) is 0.119. The lowest BCUT2D eigenvalue weighted by Gasteiger charge is -2.12. The van der Waals surface area contributed by atoms with Gasteiger partial charge >= 0.3 is 18.0 Å². The second kappa shape index (κ2) is 7.60. The van der Waals surface area contributed by atoms with Gasteiger partial charge in [0, 0.05) is 29.4 Å². The minimum Gasteiger partial charge on any atom is -0.481 e. The van der Waals surface area contributed by atoms with Crippen molar-refractivity contribution in [2.24, 2.45) is 0 Å². The molecular formula is C8H14N2O6S. The first-order valence-electron chi connectivity index (χ1n) is 4.62. The zero-order chi connectivity index (χ0) is 13.4. The fourth-order valence-electron chi connectivity index (χ4n) is 0.892. The van der Waals surface area contributed by atoms with E-state index in [1.807, 2.05) is 5.32 Å². The van der Waals surface area contributed by atoms with Crippen LogP contribution in [0.15, 0.2) is 0 Å². The van der Waals surface area contributed by atoms with Gasteiger partial charge < -0.3 is 20.8 Å². The summed E-state index contributed by atoms with van der Waals surface area (Å²) in [4.78, 5) is 32.1. The maximum Gasteiger partial charge on any atom is 0.326 e. The third kappa shape index (κ3) is 8.20. The first-order chi connectivity index (χ1) is 7.82. The maximum atomic E-state index is 11.1. The van der Waals surface area contributed by atoms with E-state index in [1.54, 1.807) is 0 Å². The number of aliphatic carboxylic acids is 2. The van der Waals surface area contributed by atoms with Gasteiger partial charge in [0.15, 0.2) is 0 Å². The Kier molecular flexibility index (Phi) is 6.87. The Morgan fingerprint density at radius 1 is 1.29 bits per heavy atom. The van der Waals surface area contributed by atoms with Crippen molar-refractivity contribution in [3.63, 3.8) is 0 Å². The van der Waals surface area contributed by atoms with Crippen LogP contribution < -0.4 is 10.6 Å². The molecule has 0 bridgehead atoms. The molecule has 9 heteroatoms. The van der Waals surface area contributed by atoms with Crippen molar-refractivity contribution in [1.29, 1.82) is 0 Å². The van der Waals surface area contributed by atoms with Crippen LogP contribution in [0.2, 0.25) is 0 Å². The molecule has 0 rings (SSSR count). The standard InChI is InChI=1S/C8H14N2O6S/c1-17(16)3-2-9-8(15)10-5(7(13)14)4-6(11)12/h5H,2-4H2,1H3,(H,11,12)(H,13,14)(H2,9,10,15). The van der Waals surface area contributed by atoms with E-state index in [-0.39, 0.29) is 12.3 Å². The molecule has 0 saturated heterocycles. The number of hydrogen-bond acceptors (Lipinski definition) is 4. The molecule has 0 aromatic rings. The Morgan fingerprint density at radius 3 is 2.29 bits per heavy atom. The predicted molar refractivity (Wildman–Crippen MR) is 59.1 cm³/mol. The molecule has 0 radical (unpaired) electrons. The third-order valence-electron chi connectivity index (χ3n) is 1.66. The number of carboxylic acids is 2. The summed E-state index contributed by atoms with van der Waals surface area (Å²) in [6, 6.07) is -2.29. The fourth-order valence-corrected chi connectivity index (χ4v) is 1.28. The van der Waals surface area contributed by atoms with Crippen LogP contribution in [-0.2, 0) is 20.4 Å². The van der Waals surface area contributed by atoms with Gasteiger partial charge in [0.05, 0.1) is 6.42 Å². The summed E-state index contributed by atoms with van der Waals surface area (Å²) in [5, 5.41) is 21.3. The van der Waals surface area contributed by atoms with E-state index in [0.717, 1.165) is 0 Å². The molecular weight excluding hydrogens is 252 g/mol. The molecule has 0 saturated carbocycles. The Hall–Kier alpha value is -1.64. The molecule has 4 N–H and O–H groups in total. The lowest BCUT2D eigenvalue weighted by atomic mass is 10.2. The number of hydrogen-bond donors (Lipinski definition) is 4. The van der Waals surface area contributed by atoms with E-state index < -0.39 is 41.2 Å². The second-order valence-electron chi connectivity index (χ2n) is 3.17. The van der Waals surface area contributed by atoms with Crippen LogP contribution in [0.4, 0.5) is 4.79 Å². The molecule has 2 atom stereocenters. The predicted octanol–water partition coefficient (Wildman–Crippen LogP) is -1.41. The summed E-state index contributed by atoms with van der Waals surface area (Å²) < 4.78 is 10.7. The summed E-state index contributed by atoms with van der Waals surface area (Å²) in [6.07, 6.45) is 0.756. The SMILES string of the molecule is CS(=O)CCNC(=O)NC(CC(=O)O)C(=O)O. The molecule has 2 unspecified atom stereocenters. The normalized spacial score (nSPS) is 13.5. The number of carbonyl (C=O) groups excluding carboxylic acids is 1. The fraction of sp³-hybridized carbons (Fsp3) is 0.625. The molecule has 17 heavy (non-hydrogen) atoms. The van der Waals surface area contributed by atoms with E-state index in [4.69, 9.17) is 10.2 Å². The number of nitrogens with one attached hydrogen (secondary N) is 2. The average Bonchev–Trinajstić information content (AvgIpc) is 2.15. The highest BCUT2D eigenvalue weighted by molar-refractivity contribution is 7.84. The molecule has 2 amide bonds. The van der Waals surface area contributed by atoms with Crippen molar-refractivity contribution in [2.45, 2.75) is 12.5 Å². The number of urea groups is 1. The molecule has 0 aliphatic rings. The smallest absolute Gasteiger partial charge is 0.326 e. The third-order valence-corrected chi connectivity index (χ3v) is 2.44. The first-order valence-corrected chi connectivity index (χ1v) is 6.34. The van der Waals surface area contributed by atoms with Crippen LogP contribution in [0.3, 0.4) is 0 Å². The topological polar surface area (TPSA) is 133 Å².